The van der Waals surface area contributed by atoms with Crippen LogP contribution in [0.25, 0.3) is 6.08 Å². The van der Waals surface area contributed by atoms with Gasteiger partial charge in [0.15, 0.2) is 5.76 Å². The molecule has 130 valence electrons. The van der Waals surface area contributed by atoms with E-state index < -0.39 is 0 Å². The van der Waals surface area contributed by atoms with Crippen LogP contribution in [0.3, 0.4) is 0 Å². The van der Waals surface area contributed by atoms with Gasteiger partial charge in [-0.15, -0.1) is 11.3 Å². The van der Waals surface area contributed by atoms with Crippen LogP contribution in [0.15, 0.2) is 59.7 Å². The highest BCUT2D eigenvalue weighted by Gasteiger charge is 2.30. The third kappa shape index (κ3) is 3.16. The fourth-order valence-electron chi connectivity index (χ4n) is 3.00. The number of carbonyl (C=O) groups excluding carboxylic acids is 1. The molecule has 0 bridgehead atoms. The molecule has 1 aromatic heterocycles. The Morgan fingerprint density at radius 3 is 2.69 bits per heavy atom. The second kappa shape index (κ2) is 6.81. The van der Waals surface area contributed by atoms with Crippen molar-refractivity contribution in [2.24, 2.45) is 0 Å². The summed E-state index contributed by atoms with van der Waals surface area (Å²) in [6.07, 6.45) is 1.79. The molecule has 3 aromatic rings. The van der Waals surface area contributed by atoms with Gasteiger partial charge in [-0.05, 0) is 48.1 Å². The van der Waals surface area contributed by atoms with Gasteiger partial charge in [0.05, 0.1) is 5.56 Å². The Labute approximate surface area is 156 Å². The zero-order valence-corrected chi connectivity index (χ0v) is 15.4. The first-order valence-electron chi connectivity index (χ1n) is 8.41. The molecule has 3 nitrogen and oxygen atoms in total. The maximum atomic E-state index is 12.6. The van der Waals surface area contributed by atoms with Gasteiger partial charge in [-0.3, -0.25) is 4.79 Å². The fraction of sp³-hybridized carbons (Fsp3) is 0.136. The van der Waals surface area contributed by atoms with Crippen molar-refractivity contribution in [3.8, 4) is 11.5 Å². The highest BCUT2D eigenvalue weighted by molar-refractivity contribution is 7.10. The first kappa shape index (κ1) is 16.6. The number of ketones is 1. The monoisotopic (exact) mass is 362 g/mol. The second-order valence-electron chi connectivity index (χ2n) is 6.28. The molecule has 0 amide bonds. The normalized spacial score (nSPS) is 14.4. The quantitative estimate of drug-likeness (QED) is 0.570. The summed E-state index contributed by atoms with van der Waals surface area (Å²) in [4.78, 5) is 13.6. The van der Waals surface area contributed by atoms with Crippen molar-refractivity contribution in [3.05, 3.63) is 86.8 Å². The van der Waals surface area contributed by atoms with E-state index >= 15 is 0 Å². The van der Waals surface area contributed by atoms with Crippen LogP contribution in [0.5, 0.6) is 11.5 Å². The van der Waals surface area contributed by atoms with Crippen molar-refractivity contribution in [2.45, 2.75) is 20.5 Å². The molecule has 0 atom stereocenters. The number of allylic oxidation sites excluding steroid dienone is 1. The Balaban J connectivity index is 1.58. The van der Waals surface area contributed by atoms with Crippen LogP contribution >= 0.6 is 11.3 Å². The van der Waals surface area contributed by atoms with Gasteiger partial charge >= 0.3 is 0 Å². The number of fused-ring (bicyclic) bond motifs is 1. The Hall–Kier alpha value is -2.85. The van der Waals surface area contributed by atoms with Crippen LogP contribution < -0.4 is 9.47 Å². The van der Waals surface area contributed by atoms with E-state index in [4.69, 9.17) is 9.47 Å². The summed E-state index contributed by atoms with van der Waals surface area (Å²) < 4.78 is 11.8. The summed E-state index contributed by atoms with van der Waals surface area (Å²) in [5.41, 5.74) is 3.82. The molecule has 4 heteroatoms. The maximum absolute atomic E-state index is 12.6. The lowest BCUT2D eigenvalue weighted by molar-refractivity contribution is 0.101. The van der Waals surface area contributed by atoms with Crippen molar-refractivity contribution in [3.63, 3.8) is 0 Å². The van der Waals surface area contributed by atoms with Crippen LogP contribution in [0.1, 0.15) is 31.9 Å². The average molecular weight is 362 g/mol. The molecule has 1 aliphatic rings. The number of aryl methyl sites for hydroxylation is 2. The van der Waals surface area contributed by atoms with E-state index in [1.54, 1.807) is 23.5 Å². The number of benzene rings is 2. The smallest absolute Gasteiger partial charge is 0.232 e. The Morgan fingerprint density at radius 1 is 1.08 bits per heavy atom. The van der Waals surface area contributed by atoms with Gasteiger partial charge in [0.25, 0.3) is 0 Å². The number of carbonyl (C=O) groups is 1. The number of hydrogen-bond donors (Lipinski definition) is 0. The number of Topliss-reactive ketones (excluding diaryl/α,β-unsaturated/α-hetero) is 1. The Morgan fingerprint density at radius 2 is 1.92 bits per heavy atom. The lowest BCUT2D eigenvalue weighted by atomic mass is 10.0. The van der Waals surface area contributed by atoms with Gasteiger partial charge in [-0.2, -0.15) is 0 Å². The van der Waals surface area contributed by atoms with Gasteiger partial charge in [0.1, 0.15) is 18.1 Å². The number of hydrogen-bond acceptors (Lipinski definition) is 4. The van der Waals surface area contributed by atoms with Crippen LogP contribution in [-0.4, -0.2) is 5.78 Å². The topological polar surface area (TPSA) is 35.5 Å². The minimum atomic E-state index is -0.0728. The van der Waals surface area contributed by atoms with E-state index in [0.717, 1.165) is 16.0 Å². The van der Waals surface area contributed by atoms with Crippen molar-refractivity contribution in [1.82, 2.24) is 0 Å². The molecule has 26 heavy (non-hydrogen) atoms. The summed E-state index contributed by atoms with van der Waals surface area (Å²) in [6.45, 7) is 4.46. The maximum Gasteiger partial charge on any atom is 0.232 e. The lowest BCUT2D eigenvalue weighted by Gasteiger charge is -2.10. The highest BCUT2D eigenvalue weighted by Crippen LogP contribution is 2.38. The Kier molecular flexibility index (Phi) is 4.35. The molecule has 0 N–H and O–H groups in total. The fourth-order valence-corrected chi connectivity index (χ4v) is 3.64. The first-order valence-corrected chi connectivity index (χ1v) is 9.29. The van der Waals surface area contributed by atoms with Crippen molar-refractivity contribution < 1.29 is 14.3 Å². The van der Waals surface area contributed by atoms with Gasteiger partial charge in [0, 0.05) is 17.0 Å². The minimum Gasteiger partial charge on any atom is -0.489 e. The summed E-state index contributed by atoms with van der Waals surface area (Å²) >= 11 is 1.57. The highest BCUT2D eigenvalue weighted by atomic mass is 32.1. The summed E-state index contributed by atoms with van der Waals surface area (Å²) in [5, 5.41) is 1.97. The average Bonchev–Trinajstić information content (AvgIpc) is 3.23. The molecule has 0 spiro atoms. The summed E-state index contributed by atoms with van der Waals surface area (Å²) in [6, 6.07) is 15.7. The van der Waals surface area contributed by atoms with Crippen LogP contribution in [0, 0.1) is 13.8 Å². The first-order chi connectivity index (χ1) is 12.6. The summed E-state index contributed by atoms with van der Waals surface area (Å²) in [7, 11) is 0. The number of ether oxygens (including phenoxy) is 2. The molecule has 1 aliphatic heterocycles. The van der Waals surface area contributed by atoms with Gasteiger partial charge in [0.2, 0.25) is 5.78 Å². The van der Waals surface area contributed by atoms with Crippen LogP contribution in [-0.2, 0) is 6.61 Å². The molecule has 0 unspecified atom stereocenters. The van der Waals surface area contributed by atoms with Crippen LogP contribution in [0.2, 0.25) is 0 Å². The van der Waals surface area contributed by atoms with Crippen molar-refractivity contribution in [1.29, 1.82) is 0 Å². The SMILES string of the molecule is Cc1ccccc1COc1cc(C)c2c(c1)O/C(=C\c1cccs1)C2=O. The molecule has 4 rings (SSSR count). The molecule has 2 heterocycles. The molecular formula is C22H18O3S. The third-order valence-corrected chi connectivity index (χ3v) is 5.24. The van der Waals surface area contributed by atoms with Crippen molar-refractivity contribution in [2.75, 3.05) is 0 Å². The minimum absolute atomic E-state index is 0.0728. The van der Waals surface area contributed by atoms with Crippen LogP contribution in [0.4, 0.5) is 0 Å². The molecule has 2 aromatic carbocycles. The second-order valence-corrected chi connectivity index (χ2v) is 7.26. The molecule has 0 saturated carbocycles. The van der Waals surface area contributed by atoms with E-state index in [1.165, 1.54) is 5.56 Å². The standard InChI is InChI=1S/C22H18O3S/c1-14-6-3-4-7-16(14)13-24-17-10-15(2)21-19(11-17)25-20(22(21)23)12-18-8-5-9-26-18/h3-12H,13H2,1-2H3/b20-12-. The lowest BCUT2D eigenvalue weighted by Crippen LogP contribution is -2.00. The van der Waals surface area contributed by atoms with E-state index in [2.05, 4.69) is 19.1 Å². The predicted octanol–water partition coefficient (Wildman–Crippen LogP) is 5.56. The molecule has 0 aliphatic carbocycles. The van der Waals surface area contributed by atoms with Gasteiger partial charge in [-0.1, -0.05) is 30.3 Å². The van der Waals surface area contributed by atoms with Crippen molar-refractivity contribution >= 4 is 23.2 Å². The number of thiophene rings is 1. The van der Waals surface area contributed by atoms with E-state index in [-0.39, 0.29) is 5.78 Å². The molecule has 0 saturated heterocycles. The van der Waals surface area contributed by atoms with Gasteiger partial charge < -0.3 is 9.47 Å². The van der Waals surface area contributed by atoms with E-state index in [0.29, 0.717) is 29.4 Å². The third-order valence-electron chi connectivity index (χ3n) is 4.42. The van der Waals surface area contributed by atoms with E-state index in [9.17, 15) is 4.79 Å². The molecule has 0 radical (unpaired) electrons. The van der Waals surface area contributed by atoms with Gasteiger partial charge in [-0.25, -0.2) is 0 Å². The summed E-state index contributed by atoms with van der Waals surface area (Å²) in [5.74, 6) is 1.56. The zero-order chi connectivity index (χ0) is 18.1. The molecular weight excluding hydrogens is 344 g/mol. The molecule has 0 fully saturated rings. The van der Waals surface area contributed by atoms with E-state index in [1.807, 2.05) is 42.6 Å². The largest absolute Gasteiger partial charge is 0.489 e. The predicted molar refractivity (Wildman–Crippen MR) is 104 cm³/mol. The zero-order valence-electron chi connectivity index (χ0n) is 14.6. The Bertz CT molecular complexity index is 1000. The number of rotatable bonds is 4.